The topological polar surface area (TPSA) is 83.8 Å². The number of esters is 1. The molecular weight excluding hydrogens is 420 g/mol. The van der Waals surface area contributed by atoms with Crippen molar-refractivity contribution in [1.29, 1.82) is 0 Å². The van der Waals surface area contributed by atoms with Gasteiger partial charge in [0.25, 0.3) is 0 Å². The standard InChI is InChI=1S/C20H24Cl2FN3O3/c1-6-9-24-15-13(17(21)25-18(22)14(15)23)16(27)12(19(28)29-10(2)3)11-7-8-20(4,5)26-11/h6,10,27H,1,7-9H2,2-5H3,(H,24,25). The van der Waals surface area contributed by atoms with E-state index in [9.17, 15) is 14.3 Å². The predicted octanol–water partition coefficient (Wildman–Crippen LogP) is 5.36. The summed E-state index contributed by atoms with van der Waals surface area (Å²) >= 11 is 12.0. The van der Waals surface area contributed by atoms with E-state index in [0.717, 1.165) is 0 Å². The third-order valence-corrected chi connectivity index (χ3v) is 4.72. The number of hydrogen-bond donors (Lipinski definition) is 2. The molecule has 1 aliphatic rings. The van der Waals surface area contributed by atoms with Gasteiger partial charge in [-0.1, -0.05) is 29.3 Å². The minimum atomic E-state index is -0.912. The maximum Gasteiger partial charge on any atom is 0.344 e. The summed E-state index contributed by atoms with van der Waals surface area (Å²) in [5, 5.41) is 13.1. The summed E-state index contributed by atoms with van der Waals surface area (Å²) < 4.78 is 20.0. The number of halogens is 3. The van der Waals surface area contributed by atoms with Crippen molar-refractivity contribution in [3.8, 4) is 0 Å². The molecule has 0 fully saturated rings. The Labute approximate surface area is 179 Å². The Hall–Kier alpha value is -2.12. The second-order valence-corrected chi connectivity index (χ2v) is 8.19. The minimum absolute atomic E-state index is 0.160. The van der Waals surface area contributed by atoms with Crippen LogP contribution in [-0.4, -0.2) is 40.0 Å². The molecule has 0 bridgehead atoms. The number of carbonyl (C=O) groups is 1. The molecule has 9 heteroatoms. The Morgan fingerprint density at radius 1 is 1.41 bits per heavy atom. The minimum Gasteiger partial charge on any atom is -0.506 e. The van der Waals surface area contributed by atoms with Crippen LogP contribution in [0.1, 0.15) is 46.1 Å². The normalized spacial score (nSPS) is 16.3. The highest BCUT2D eigenvalue weighted by Gasteiger charge is 2.34. The maximum absolute atomic E-state index is 14.7. The van der Waals surface area contributed by atoms with Crippen LogP contribution < -0.4 is 5.32 Å². The summed E-state index contributed by atoms with van der Waals surface area (Å²) in [6.45, 7) is 10.9. The molecule has 0 radical (unpaired) electrons. The van der Waals surface area contributed by atoms with Gasteiger partial charge in [-0.2, -0.15) is 0 Å². The van der Waals surface area contributed by atoms with Gasteiger partial charge in [-0.3, -0.25) is 4.99 Å². The van der Waals surface area contributed by atoms with Crippen LogP contribution in [0.15, 0.2) is 23.2 Å². The Bertz CT molecular complexity index is 895. The number of aliphatic hydroxyl groups excluding tert-OH is 1. The summed E-state index contributed by atoms with van der Waals surface area (Å²) in [5.74, 6) is -2.27. The molecule has 0 saturated carbocycles. The van der Waals surface area contributed by atoms with Crippen molar-refractivity contribution < 1.29 is 19.0 Å². The molecule has 0 aliphatic carbocycles. The monoisotopic (exact) mass is 443 g/mol. The molecule has 6 nitrogen and oxygen atoms in total. The van der Waals surface area contributed by atoms with Gasteiger partial charge in [-0.25, -0.2) is 14.2 Å². The second-order valence-electron chi connectivity index (χ2n) is 7.48. The van der Waals surface area contributed by atoms with Crippen molar-refractivity contribution in [3.05, 3.63) is 39.9 Å². The second kappa shape index (κ2) is 9.13. The van der Waals surface area contributed by atoms with Crippen LogP contribution in [0.2, 0.25) is 10.3 Å². The summed E-state index contributed by atoms with van der Waals surface area (Å²) in [6, 6.07) is 0. The van der Waals surface area contributed by atoms with E-state index in [1.807, 2.05) is 13.8 Å². The summed E-state index contributed by atoms with van der Waals surface area (Å²) in [5.41, 5.74) is -0.606. The zero-order chi connectivity index (χ0) is 21.9. The molecular formula is C20H24Cl2FN3O3. The first kappa shape index (κ1) is 23.2. The largest absolute Gasteiger partial charge is 0.506 e. The molecule has 0 aromatic carbocycles. The van der Waals surface area contributed by atoms with Gasteiger partial charge in [0.1, 0.15) is 16.5 Å². The molecule has 1 aliphatic heterocycles. The maximum atomic E-state index is 14.7. The van der Waals surface area contributed by atoms with E-state index in [1.165, 1.54) is 6.08 Å². The molecule has 0 saturated heterocycles. The van der Waals surface area contributed by atoms with Crippen molar-refractivity contribution in [2.45, 2.75) is 52.2 Å². The quantitative estimate of drug-likeness (QED) is 0.195. The first-order chi connectivity index (χ1) is 13.5. The van der Waals surface area contributed by atoms with E-state index in [1.54, 1.807) is 13.8 Å². The highest BCUT2D eigenvalue weighted by molar-refractivity contribution is 6.35. The molecule has 158 valence electrons. The van der Waals surface area contributed by atoms with Crippen molar-refractivity contribution in [3.63, 3.8) is 0 Å². The van der Waals surface area contributed by atoms with Crippen molar-refractivity contribution in [2.24, 2.45) is 4.99 Å². The molecule has 1 aromatic heterocycles. The fourth-order valence-corrected chi connectivity index (χ4v) is 3.39. The molecule has 0 spiro atoms. The fraction of sp³-hybridized carbons (Fsp3) is 0.450. The van der Waals surface area contributed by atoms with Crippen LogP contribution in [0.25, 0.3) is 5.76 Å². The average molecular weight is 444 g/mol. The molecule has 0 atom stereocenters. The Balaban J connectivity index is 2.77. The van der Waals surface area contributed by atoms with E-state index in [4.69, 9.17) is 27.9 Å². The summed E-state index contributed by atoms with van der Waals surface area (Å²) in [7, 11) is 0. The van der Waals surface area contributed by atoms with Gasteiger partial charge in [0.15, 0.2) is 11.0 Å². The van der Waals surface area contributed by atoms with Gasteiger partial charge in [0, 0.05) is 6.54 Å². The van der Waals surface area contributed by atoms with Crippen LogP contribution in [0, 0.1) is 5.82 Å². The first-order valence-corrected chi connectivity index (χ1v) is 9.87. The van der Waals surface area contributed by atoms with Gasteiger partial charge in [-0.15, -0.1) is 6.58 Å². The molecule has 29 heavy (non-hydrogen) atoms. The van der Waals surface area contributed by atoms with E-state index in [2.05, 4.69) is 21.9 Å². The van der Waals surface area contributed by atoms with Crippen LogP contribution in [0.4, 0.5) is 10.1 Å². The molecule has 1 aromatic rings. The smallest absolute Gasteiger partial charge is 0.344 e. The van der Waals surface area contributed by atoms with Gasteiger partial charge >= 0.3 is 5.97 Å². The van der Waals surface area contributed by atoms with Crippen molar-refractivity contribution >= 4 is 46.3 Å². The fourth-order valence-electron chi connectivity index (χ4n) is 2.90. The highest BCUT2D eigenvalue weighted by Crippen LogP contribution is 2.38. The van der Waals surface area contributed by atoms with E-state index >= 15 is 0 Å². The Morgan fingerprint density at radius 2 is 2.07 bits per heavy atom. The number of hydrogen-bond acceptors (Lipinski definition) is 6. The lowest BCUT2D eigenvalue weighted by molar-refractivity contribution is -0.142. The number of rotatable bonds is 7. The third-order valence-electron chi connectivity index (χ3n) is 4.20. The molecule has 0 unspecified atom stereocenters. The lowest BCUT2D eigenvalue weighted by atomic mass is 9.99. The molecule has 2 N–H and O–H groups in total. The highest BCUT2D eigenvalue weighted by atomic mass is 35.5. The van der Waals surface area contributed by atoms with Crippen LogP contribution in [0.3, 0.4) is 0 Å². The number of aromatic nitrogens is 1. The van der Waals surface area contributed by atoms with Gasteiger partial charge in [-0.05, 0) is 40.5 Å². The number of pyridine rings is 1. The number of aliphatic imine (C=N–C) groups is 1. The van der Waals surface area contributed by atoms with Crippen molar-refractivity contribution in [1.82, 2.24) is 4.98 Å². The lowest BCUT2D eigenvalue weighted by Crippen LogP contribution is -2.21. The van der Waals surface area contributed by atoms with Crippen LogP contribution in [0.5, 0.6) is 0 Å². The van der Waals surface area contributed by atoms with Crippen LogP contribution >= 0.6 is 23.2 Å². The molecule has 2 rings (SSSR count). The third kappa shape index (κ3) is 5.28. The van der Waals surface area contributed by atoms with Gasteiger partial charge in [0.2, 0.25) is 0 Å². The predicted molar refractivity (Wildman–Crippen MR) is 114 cm³/mol. The lowest BCUT2D eigenvalue weighted by Gasteiger charge is -2.17. The number of carbonyl (C=O) groups excluding carboxylic acids is 1. The van der Waals surface area contributed by atoms with Crippen LogP contribution in [-0.2, 0) is 9.53 Å². The Kier molecular flexibility index (Phi) is 7.30. The summed E-state index contributed by atoms with van der Waals surface area (Å²) in [6.07, 6.45) is 2.17. The van der Waals surface area contributed by atoms with Gasteiger partial charge < -0.3 is 15.2 Å². The summed E-state index contributed by atoms with van der Waals surface area (Å²) in [4.78, 5) is 21.1. The van der Waals surface area contributed by atoms with E-state index < -0.39 is 34.3 Å². The average Bonchev–Trinajstić information content (AvgIpc) is 2.95. The van der Waals surface area contributed by atoms with Gasteiger partial charge in [0.05, 0.1) is 28.6 Å². The Morgan fingerprint density at radius 3 is 2.59 bits per heavy atom. The number of anilines is 1. The SMILES string of the molecule is C=CCNc1c(F)c(Cl)nc(Cl)c1C(O)=C(C(=O)OC(C)C)C1=NC(C)(C)CC1. The molecule has 0 amide bonds. The van der Waals surface area contributed by atoms with E-state index in [-0.39, 0.29) is 28.5 Å². The molecule has 2 heterocycles. The van der Waals surface area contributed by atoms with E-state index in [0.29, 0.717) is 18.6 Å². The zero-order valence-corrected chi connectivity index (χ0v) is 18.3. The zero-order valence-electron chi connectivity index (χ0n) is 16.8. The number of nitrogens with one attached hydrogen (secondary N) is 1. The first-order valence-electron chi connectivity index (χ1n) is 9.11. The van der Waals surface area contributed by atoms with Crippen molar-refractivity contribution in [2.75, 3.05) is 11.9 Å². The number of ether oxygens (including phenoxy) is 1. The number of nitrogens with zero attached hydrogens (tertiary/aromatic N) is 2. The number of aliphatic hydroxyl groups is 1.